The molecule has 3 rings (SSSR count). The Balaban J connectivity index is 1.85. The lowest BCUT2D eigenvalue weighted by atomic mass is 10.1. The highest BCUT2D eigenvalue weighted by Gasteiger charge is 2.13. The predicted molar refractivity (Wildman–Crippen MR) is 116 cm³/mol. The monoisotopic (exact) mass is 417 g/mol. The third-order valence-electron chi connectivity index (χ3n) is 4.41. The molecule has 0 aliphatic carbocycles. The Bertz CT molecular complexity index is 996. The van der Waals surface area contributed by atoms with Crippen LogP contribution in [0.15, 0.2) is 64.3 Å². The summed E-state index contributed by atoms with van der Waals surface area (Å²) >= 11 is 14.2. The molecular weight excluding hydrogens is 397 g/mol. The first-order valence-electron chi connectivity index (χ1n) is 8.77. The number of benzene rings is 2. The number of pyridine rings is 1. The van der Waals surface area contributed by atoms with Gasteiger partial charge in [-0.25, -0.2) is 0 Å². The highest BCUT2D eigenvalue weighted by Crippen LogP contribution is 2.28. The quantitative estimate of drug-likeness (QED) is 0.438. The van der Waals surface area contributed by atoms with Crippen LogP contribution in [-0.4, -0.2) is 4.57 Å². The van der Waals surface area contributed by atoms with Crippen molar-refractivity contribution in [2.24, 2.45) is 0 Å². The lowest BCUT2D eigenvalue weighted by molar-refractivity contribution is 0.647. The van der Waals surface area contributed by atoms with E-state index in [0.29, 0.717) is 17.3 Å². The van der Waals surface area contributed by atoms with Crippen LogP contribution in [0, 0.1) is 13.8 Å². The molecule has 0 saturated carbocycles. The van der Waals surface area contributed by atoms with Gasteiger partial charge in [0.15, 0.2) is 0 Å². The summed E-state index contributed by atoms with van der Waals surface area (Å²) in [5.74, 6) is 0.614. The molecule has 0 atom stereocenters. The minimum absolute atomic E-state index is 0.160. The van der Waals surface area contributed by atoms with Gasteiger partial charge in [0.25, 0.3) is 5.56 Å². The van der Waals surface area contributed by atoms with Crippen LogP contribution in [0.5, 0.6) is 0 Å². The van der Waals surface area contributed by atoms with E-state index in [9.17, 15) is 4.79 Å². The molecule has 0 unspecified atom stereocenters. The van der Waals surface area contributed by atoms with E-state index in [1.54, 1.807) is 22.4 Å². The number of halogens is 2. The molecule has 140 valence electrons. The van der Waals surface area contributed by atoms with E-state index >= 15 is 0 Å². The Morgan fingerprint density at radius 1 is 0.926 bits per heavy atom. The average molecular weight is 418 g/mol. The molecule has 3 aromatic rings. The summed E-state index contributed by atoms with van der Waals surface area (Å²) in [6.45, 7) is 4.67. The zero-order valence-electron chi connectivity index (χ0n) is 15.3. The maximum atomic E-state index is 12.6. The summed E-state index contributed by atoms with van der Waals surface area (Å²) in [5.41, 5.74) is 4.23. The van der Waals surface area contributed by atoms with Crippen LogP contribution >= 0.6 is 35.0 Å². The van der Waals surface area contributed by atoms with Crippen molar-refractivity contribution in [1.82, 2.24) is 4.57 Å². The highest BCUT2D eigenvalue weighted by molar-refractivity contribution is 7.98. The van der Waals surface area contributed by atoms with Crippen molar-refractivity contribution in [3.05, 3.63) is 97.4 Å². The molecule has 0 N–H and O–H groups in total. The summed E-state index contributed by atoms with van der Waals surface area (Å²) in [5, 5.41) is 0.692. The number of rotatable bonds is 6. The molecule has 0 bridgehead atoms. The highest BCUT2D eigenvalue weighted by atomic mass is 35.5. The number of nitrogens with zero attached hydrogens (tertiary/aromatic N) is 1. The molecule has 0 saturated heterocycles. The first kappa shape index (κ1) is 20.1. The Morgan fingerprint density at radius 3 is 2.37 bits per heavy atom. The first-order valence-corrected chi connectivity index (χ1v) is 10.5. The molecule has 1 aromatic heterocycles. The van der Waals surface area contributed by atoms with Crippen molar-refractivity contribution in [1.29, 1.82) is 0 Å². The maximum absolute atomic E-state index is 12.6. The molecule has 0 amide bonds. The molecule has 1 heterocycles. The second-order valence-electron chi connectivity index (χ2n) is 6.58. The van der Waals surface area contributed by atoms with E-state index < -0.39 is 0 Å². The van der Waals surface area contributed by atoms with Gasteiger partial charge in [-0.3, -0.25) is 4.79 Å². The van der Waals surface area contributed by atoms with E-state index in [4.69, 9.17) is 23.2 Å². The smallest absolute Gasteiger partial charge is 0.269 e. The number of thioether (sulfide) groups is 1. The van der Waals surface area contributed by atoms with Gasteiger partial charge in [-0.1, -0.05) is 70.7 Å². The summed E-state index contributed by atoms with van der Waals surface area (Å²) in [4.78, 5) is 13.8. The van der Waals surface area contributed by atoms with Crippen LogP contribution in [0.4, 0.5) is 0 Å². The van der Waals surface area contributed by atoms with Crippen molar-refractivity contribution in [3.8, 4) is 0 Å². The minimum Gasteiger partial charge on any atom is -0.309 e. The summed E-state index contributed by atoms with van der Waals surface area (Å²) in [6.07, 6.45) is 0.749. The van der Waals surface area contributed by atoms with E-state index in [-0.39, 0.29) is 10.6 Å². The van der Waals surface area contributed by atoms with Crippen LogP contribution in [0.25, 0.3) is 0 Å². The van der Waals surface area contributed by atoms with Gasteiger partial charge in [-0.15, -0.1) is 11.8 Å². The Labute approximate surface area is 174 Å². The number of hydrogen-bond acceptors (Lipinski definition) is 2. The van der Waals surface area contributed by atoms with Crippen molar-refractivity contribution in [2.45, 2.75) is 37.5 Å². The van der Waals surface area contributed by atoms with Gasteiger partial charge in [0.1, 0.15) is 5.02 Å². The number of aryl methyl sites for hydroxylation is 3. The standard InChI is InChI=1S/C22H21Cl2NOS/c1-15-6-8-17(9-7-15)10-11-25-21(19(23)13-20(24)22(25)26)14-27-18-5-3-4-16(2)12-18/h3-9,12-13H,10-11,14H2,1-2H3. The van der Waals surface area contributed by atoms with E-state index in [1.807, 2.05) is 6.07 Å². The van der Waals surface area contributed by atoms with Crippen molar-refractivity contribution < 1.29 is 0 Å². The van der Waals surface area contributed by atoms with Gasteiger partial charge in [-0.2, -0.15) is 0 Å². The van der Waals surface area contributed by atoms with Crippen LogP contribution in [0.2, 0.25) is 10.0 Å². The number of hydrogen-bond donors (Lipinski definition) is 0. The van der Waals surface area contributed by atoms with Crippen LogP contribution in [0.3, 0.4) is 0 Å². The largest absolute Gasteiger partial charge is 0.309 e. The normalized spacial score (nSPS) is 11.0. The van der Waals surface area contributed by atoms with Crippen LogP contribution in [0.1, 0.15) is 22.4 Å². The van der Waals surface area contributed by atoms with Gasteiger partial charge in [0, 0.05) is 17.2 Å². The van der Waals surface area contributed by atoms with Gasteiger partial charge < -0.3 is 4.57 Å². The summed E-state index contributed by atoms with van der Waals surface area (Å²) < 4.78 is 1.72. The minimum atomic E-state index is -0.187. The molecule has 0 radical (unpaired) electrons. The van der Waals surface area contributed by atoms with Crippen molar-refractivity contribution in [2.75, 3.05) is 0 Å². The Kier molecular flexibility index (Phi) is 6.69. The van der Waals surface area contributed by atoms with E-state index in [1.165, 1.54) is 16.7 Å². The van der Waals surface area contributed by atoms with E-state index in [0.717, 1.165) is 17.0 Å². The molecule has 5 heteroatoms. The third kappa shape index (κ3) is 5.19. The molecule has 0 aliphatic rings. The van der Waals surface area contributed by atoms with Gasteiger partial charge in [0.05, 0.1) is 10.7 Å². The molecule has 2 nitrogen and oxygen atoms in total. The molecule has 27 heavy (non-hydrogen) atoms. The number of aromatic nitrogens is 1. The fourth-order valence-electron chi connectivity index (χ4n) is 2.87. The molecule has 2 aromatic carbocycles. The van der Waals surface area contributed by atoms with Crippen molar-refractivity contribution >= 4 is 35.0 Å². The van der Waals surface area contributed by atoms with Crippen molar-refractivity contribution in [3.63, 3.8) is 0 Å². The van der Waals surface area contributed by atoms with Crippen LogP contribution in [-0.2, 0) is 18.7 Å². The topological polar surface area (TPSA) is 22.0 Å². The molecule has 0 fully saturated rings. The summed E-state index contributed by atoms with van der Waals surface area (Å²) in [6, 6.07) is 18.2. The zero-order valence-corrected chi connectivity index (χ0v) is 17.7. The predicted octanol–water partition coefficient (Wildman–Crippen LogP) is 6.31. The SMILES string of the molecule is Cc1ccc(CCn2c(CSc3cccc(C)c3)c(Cl)cc(Cl)c2=O)cc1. The van der Waals surface area contributed by atoms with Gasteiger partial charge >= 0.3 is 0 Å². The Hall–Kier alpha value is -1.68. The third-order valence-corrected chi connectivity index (χ3v) is 6.02. The lowest BCUT2D eigenvalue weighted by Crippen LogP contribution is -2.25. The first-order chi connectivity index (χ1) is 12.9. The fourth-order valence-corrected chi connectivity index (χ4v) is 4.56. The van der Waals surface area contributed by atoms with Crippen LogP contribution < -0.4 is 5.56 Å². The zero-order chi connectivity index (χ0) is 19.4. The van der Waals surface area contributed by atoms with Gasteiger partial charge in [-0.05, 0) is 44.0 Å². The maximum Gasteiger partial charge on any atom is 0.269 e. The molecule has 0 spiro atoms. The van der Waals surface area contributed by atoms with E-state index in [2.05, 4.69) is 56.3 Å². The van der Waals surface area contributed by atoms with Gasteiger partial charge in [0.2, 0.25) is 0 Å². The lowest BCUT2D eigenvalue weighted by Gasteiger charge is -2.15. The average Bonchev–Trinajstić information content (AvgIpc) is 2.64. The summed E-state index contributed by atoms with van der Waals surface area (Å²) in [7, 11) is 0. The molecular formula is C22H21Cl2NOS. The molecule has 0 aliphatic heterocycles. The second-order valence-corrected chi connectivity index (χ2v) is 8.45. The fraction of sp³-hybridized carbons (Fsp3) is 0.227. The Morgan fingerprint density at radius 2 is 1.67 bits per heavy atom. The second kappa shape index (κ2) is 9.01.